The van der Waals surface area contributed by atoms with Gasteiger partial charge >= 0.3 is 0 Å². The highest BCUT2D eigenvalue weighted by molar-refractivity contribution is 6.10. The van der Waals surface area contributed by atoms with Crippen LogP contribution in [0.1, 0.15) is 46.8 Å². The molecule has 0 spiro atoms. The molecule has 0 saturated heterocycles. The molecule has 1 aliphatic heterocycles. The topological polar surface area (TPSA) is 104 Å². The van der Waals surface area contributed by atoms with Gasteiger partial charge in [-0.1, -0.05) is 6.92 Å². The summed E-state index contributed by atoms with van der Waals surface area (Å²) in [6.07, 6.45) is -0.923. The summed E-state index contributed by atoms with van der Waals surface area (Å²) in [5.41, 5.74) is -0.334. The van der Waals surface area contributed by atoms with E-state index in [9.17, 15) is 23.5 Å². The fraction of sp³-hybridized carbons (Fsp3) is 0.300. The number of carbonyl (C=O) groups is 2. The molecule has 7 nitrogen and oxygen atoms in total. The van der Waals surface area contributed by atoms with Crippen molar-refractivity contribution >= 4 is 17.4 Å². The third kappa shape index (κ3) is 3.07. The minimum atomic E-state index is -1.50. The first-order valence-electron chi connectivity index (χ1n) is 9.17. The smallest absolute Gasteiger partial charge is 0.254 e. The van der Waals surface area contributed by atoms with Gasteiger partial charge in [0.2, 0.25) is 5.78 Å². The highest BCUT2D eigenvalue weighted by Gasteiger charge is 2.41. The Hall–Kier alpha value is -3.20. The number of anilines is 1. The molecule has 29 heavy (non-hydrogen) atoms. The number of fused-ring (bicyclic) bond motifs is 1. The molecule has 1 amide bonds. The molecule has 4 rings (SSSR count). The number of aryl methyl sites for hydroxylation is 1. The molecule has 0 radical (unpaired) electrons. The van der Waals surface area contributed by atoms with E-state index in [-0.39, 0.29) is 40.8 Å². The van der Waals surface area contributed by atoms with Crippen LogP contribution in [-0.2, 0) is 11.3 Å². The standard InChI is InChI=1S/C20H19F2N3O4/c1-3-12(13-5-4-8(2)29-13)24-16-17(19(27)18(16)26)25-15-11(22)6-10(21)9-7-23-20(28)14(9)15/h4-6,12,19,24-25,27H,3,7H2,1-2H3,(H,23,28)/t12-,19?/m1/s1. The number of halogens is 2. The summed E-state index contributed by atoms with van der Waals surface area (Å²) in [5, 5.41) is 18.2. The molecular weight excluding hydrogens is 384 g/mol. The number of hydrogen-bond acceptors (Lipinski definition) is 6. The molecule has 1 aliphatic carbocycles. The van der Waals surface area contributed by atoms with Gasteiger partial charge in [-0.05, 0) is 25.5 Å². The molecule has 4 N–H and O–H groups in total. The van der Waals surface area contributed by atoms with Gasteiger partial charge in [-0.15, -0.1) is 0 Å². The Bertz CT molecular complexity index is 1060. The summed E-state index contributed by atoms with van der Waals surface area (Å²) in [6.45, 7) is 3.62. The average molecular weight is 403 g/mol. The summed E-state index contributed by atoms with van der Waals surface area (Å²) in [5.74, 6) is -1.71. The normalized spacial score (nSPS) is 19.0. The summed E-state index contributed by atoms with van der Waals surface area (Å²) in [6, 6.07) is 3.89. The predicted molar refractivity (Wildman–Crippen MR) is 98.8 cm³/mol. The molecule has 1 aromatic heterocycles. The molecule has 2 aromatic rings. The molecular formula is C20H19F2N3O4. The number of benzene rings is 1. The van der Waals surface area contributed by atoms with E-state index >= 15 is 0 Å². The number of hydrogen-bond donors (Lipinski definition) is 4. The first-order valence-corrected chi connectivity index (χ1v) is 9.17. The lowest BCUT2D eigenvalue weighted by Crippen LogP contribution is -2.46. The number of ketones is 1. The van der Waals surface area contributed by atoms with Crippen LogP contribution < -0.4 is 16.0 Å². The Morgan fingerprint density at radius 1 is 1.31 bits per heavy atom. The first-order chi connectivity index (χ1) is 13.8. The van der Waals surface area contributed by atoms with Gasteiger partial charge in [0.1, 0.15) is 28.9 Å². The molecule has 1 unspecified atom stereocenters. The van der Waals surface area contributed by atoms with E-state index in [1.807, 2.05) is 6.92 Å². The summed E-state index contributed by atoms with van der Waals surface area (Å²) >= 11 is 0. The third-order valence-electron chi connectivity index (χ3n) is 5.11. The molecule has 152 valence electrons. The predicted octanol–water partition coefficient (Wildman–Crippen LogP) is 2.42. The number of aliphatic hydroxyl groups is 1. The van der Waals surface area contributed by atoms with Crippen molar-refractivity contribution in [2.45, 2.75) is 39.0 Å². The fourth-order valence-electron chi connectivity index (χ4n) is 3.53. The van der Waals surface area contributed by atoms with E-state index in [4.69, 9.17) is 4.42 Å². The van der Waals surface area contributed by atoms with Crippen molar-refractivity contribution in [3.05, 3.63) is 63.9 Å². The molecule has 2 atom stereocenters. The zero-order chi connectivity index (χ0) is 20.9. The largest absolute Gasteiger partial charge is 0.464 e. The molecule has 0 saturated carbocycles. The maximum Gasteiger partial charge on any atom is 0.254 e. The minimum Gasteiger partial charge on any atom is -0.464 e. The highest BCUT2D eigenvalue weighted by atomic mass is 19.1. The van der Waals surface area contributed by atoms with Crippen LogP contribution in [0.5, 0.6) is 0 Å². The van der Waals surface area contributed by atoms with Crippen LogP contribution in [0.15, 0.2) is 34.0 Å². The number of amides is 1. The van der Waals surface area contributed by atoms with Gasteiger partial charge in [0.25, 0.3) is 5.91 Å². The van der Waals surface area contributed by atoms with Crippen molar-refractivity contribution in [3.63, 3.8) is 0 Å². The van der Waals surface area contributed by atoms with Gasteiger partial charge < -0.3 is 25.5 Å². The van der Waals surface area contributed by atoms with Crippen molar-refractivity contribution in [1.82, 2.24) is 10.6 Å². The number of aliphatic hydroxyl groups excluding tert-OH is 1. The maximum atomic E-state index is 14.4. The van der Waals surface area contributed by atoms with Crippen LogP contribution in [-0.4, -0.2) is 22.9 Å². The Labute approximate surface area is 164 Å². The van der Waals surface area contributed by atoms with Gasteiger partial charge in [0, 0.05) is 18.2 Å². The Morgan fingerprint density at radius 2 is 2.07 bits per heavy atom. The van der Waals surface area contributed by atoms with E-state index in [0.717, 1.165) is 0 Å². The zero-order valence-corrected chi connectivity index (χ0v) is 15.7. The lowest BCUT2D eigenvalue weighted by molar-refractivity contribution is -0.125. The van der Waals surface area contributed by atoms with Crippen molar-refractivity contribution in [1.29, 1.82) is 0 Å². The van der Waals surface area contributed by atoms with E-state index < -0.39 is 29.4 Å². The van der Waals surface area contributed by atoms with Crippen molar-refractivity contribution in [2.24, 2.45) is 0 Å². The molecule has 2 heterocycles. The van der Waals surface area contributed by atoms with Gasteiger partial charge in [-0.2, -0.15) is 0 Å². The van der Waals surface area contributed by atoms with Crippen molar-refractivity contribution in [3.8, 4) is 0 Å². The third-order valence-corrected chi connectivity index (χ3v) is 5.11. The second-order valence-corrected chi connectivity index (χ2v) is 6.99. The Balaban J connectivity index is 1.69. The summed E-state index contributed by atoms with van der Waals surface area (Å²) in [7, 11) is 0. The number of Topliss-reactive ketones (excluding diaryl/α,β-unsaturated/α-hetero) is 1. The van der Waals surface area contributed by atoms with Crippen molar-refractivity contribution < 1.29 is 27.9 Å². The van der Waals surface area contributed by atoms with Crippen LogP contribution in [0, 0.1) is 18.6 Å². The number of nitrogens with one attached hydrogen (secondary N) is 3. The number of rotatable bonds is 6. The monoisotopic (exact) mass is 403 g/mol. The fourth-order valence-corrected chi connectivity index (χ4v) is 3.53. The van der Waals surface area contributed by atoms with E-state index in [1.54, 1.807) is 19.1 Å². The Kier molecular flexibility index (Phi) is 4.62. The first kappa shape index (κ1) is 19.1. The summed E-state index contributed by atoms with van der Waals surface area (Å²) in [4.78, 5) is 24.3. The molecule has 1 aromatic carbocycles. The number of carbonyl (C=O) groups excluding carboxylic acids is 2. The Morgan fingerprint density at radius 3 is 2.72 bits per heavy atom. The SMILES string of the molecule is CC[C@@H](NC1=C(Nc2c(F)cc(F)c3c2C(=O)NC3)C(O)C1=O)c1ccc(C)o1. The lowest BCUT2D eigenvalue weighted by Gasteiger charge is -2.32. The van der Waals surface area contributed by atoms with Crippen LogP contribution in [0.25, 0.3) is 0 Å². The van der Waals surface area contributed by atoms with Crippen LogP contribution in [0.3, 0.4) is 0 Å². The van der Waals surface area contributed by atoms with E-state index in [0.29, 0.717) is 24.0 Å². The second-order valence-electron chi connectivity index (χ2n) is 6.99. The van der Waals surface area contributed by atoms with Crippen molar-refractivity contribution in [2.75, 3.05) is 5.32 Å². The van der Waals surface area contributed by atoms with Gasteiger partial charge in [-0.3, -0.25) is 9.59 Å². The molecule has 0 fully saturated rings. The van der Waals surface area contributed by atoms with Crippen LogP contribution >= 0.6 is 0 Å². The second kappa shape index (κ2) is 7.00. The lowest BCUT2D eigenvalue weighted by atomic mass is 9.93. The van der Waals surface area contributed by atoms with Gasteiger partial charge in [-0.25, -0.2) is 8.78 Å². The number of furan rings is 1. The van der Waals surface area contributed by atoms with Gasteiger partial charge in [0.15, 0.2) is 6.10 Å². The van der Waals surface area contributed by atoms with E-state index in [1.165, 1.54) is 0 Å². The quantitative estimate of drug-likeness (QED) is 0.591. The minimum absolute atomic E-state index is 0.0177. The van der Waals surface area contributed by atoms with Crippen LogP contribution in [0.4, 0.5) is 14.5 Å². The zero-order valence-electron chi connectivity index (χ0n) is 15.7. The average Bonchev–Trinajstić information content (AvgIpc) is 3.29. The van der Waals surface area contributed by atoms with E-state index in [2.05, 4.69) is 16.0 Å². The maximum absolute atomic E-state index is 14.4. The summed E-state index contributed by atoms with van der Waals surface area (Å²) < 4.78 is 34.0. The highest BCUT2D eigenvalue weighted by Crippen LogP contribution is 2.34. The van der Waals surface area contributed by atoms with Gasteiger partial charge in [0.05, 0.1) is 23.0 Å². The van der Waals surface area contributed by atoms with Crippen LogP contribution in [0.2, 0.25) is 0 Å². The molecule has 0 bridgehead atoms. The molecule has 9 heteroatoms. The molecule has 2 aliphatic rings.